The summed E-state index contributed by atoms with van der Waals surface area (Å²) in [4.78, 5) is 47.7. The van der Waals surface area contributed by atoms with E-state index in [4.69, 9.17) is 11.5 Å². The van der Waals surface area contributed by atoms with Crippen molar-refractivity contribution >= 4 is 17.8 Å². The Hall–Kier alpha value is -3.28. The second-order valence-electron chi connectivity index (χ2n) is 11.8. The molecule has 2 unspecified atom stereocenters. The van der Waals surface area contributed by atoms with E-state index in [0.29, 0.717) is 32.2 Å². The van der Waals surface area contributed by atoms with Crippen molar-refractivity contribution in [1.29, 1.82) is 0 Å². The van der Waals surface area contributed by atoms with Gasteiger partial charge in [0.2, 0.25) is 5.91 Å². The van der Waals surface area contributed by atoms with Crippen LogP contribution in [0.15, 0.2) is 41.3 Å². The van der Waals surface area contributed by atoms with Gasteiger partial charge in [0, 0.05) is 51.5 Å². The van der Waals surface area contributed by atoms with Gasteiger partial charge < -0.3 is 21.3 Å². The first-order valence-corrected chi connectivity index (χ1v) is 13.8. The minimum atomic E-state index is -0.945. The SMILES string of the molecule is CC(Cc1ccc(-n2ccc(NC(=O)N3CCN(C(=O)C(C)(C)N)CC3)nc2=O)cc1)N1C[C@@H]2C(CN)[C@@H]2C1. The van der Waals surface area contributed by atoms with E-state index in [9.17, 15) is 14.4 Å². The Kier molecular flexibility index (Phi) is 7.49. The maximum absolute atomic E-state index is 12.7. The molecule has 1 aromatic heterocycles. The maximum Gasteiger partial charge on any atom is 0.354 e. The molecule has 3 fully saturated rings. The summed E-state index contributed by atoms with van der Waals surface area (Å²) in [5, 5.41) is 2.70. The predicted molar refractivity (Wildman–Crippen MR) is 150 cm³/mol. The van der Waals surface area contributed by atoms with Crippen molar-refractivity contribution in [2.75, 3.05) is 51.1 Å². The lowest BCUT2D eigenvalue weighted by atomic mass is 10.0. The number of piperazine rings is 1. The molecule has 4 atom stereocenters. The molecule has 0 radical (unpaired) electrons. The Bertz CT molecular complexity index is 1250. The number of anilines is 1. The number of carbonyl (C=O) groups is 2. The summed E-state index contributed by atoms with van der Waals surface area (Å²) in [5.74, 6) is 2.36. The molecule has 11 nitrogen and oxygen atoms in total. The van der Waals surface area contributed by atoms with E-state index in [1.165, 1.54) is 10.1 Å². The van der Waals surface area contributed by atoms with Gasteiger partial charge in [0.05, 0.1) is 11.2 Å². The molecule has 0 spiro atoms. The first-order valence-electron chi connectivity index (χ1n) is 13.8. The molecule has 3 heterocycles. The monoisotopic (exact) mass is 536 g/mol. The zero-order chi connectivity index (χ0) is 27.9. The molecule has 0 bridgehead atoms. The van der Waals surface area contributed by atoms with Gasteiger partial charge in [-0.25, -0.2) is 9.59 Å². The topological polar surface area (TPSA) is 143 Å². The summed E-state index contributed by atoms with van der Waals surface area (Å²) in [6.45, 7) is 10.3. The van der Waals surface area contributed by atoms with Crippen LogP contribution in [-0.2, 0) is 11.2 Å². The van der Waals surface area contributed by atoms with Crippen LogP contribution in [0.2, 0.25) is 0 Å². The largest absolute Gasteiger partial charge is 0.354 e. The molecule has 1 aromatic carbocycles. The lowest BCUT2D eigenvalue weighted by Crippen LogP contribution is -2.58. The standard InChI is InChI=1S/C28H40N8O3/c1-18(35-16-22-21(15-29)23(22)17-35)14-19-4-6-20(7-5-19)36-9-8-24(32-27(36)39)31-26(38)34-12-10-33(11-13-34)25(37)28(2,3)30/h4-9,18,21-23H,10-17,29-30H2,1-3H3,(H,31,32,38,39)/t18?,21?,22-,23+. The second-order valence-corrected chi connectivity index (χ2v) is 11.8. The number of hydrogen-bond donors (Lipinski definition) is 3. The number of nitrogens with one attached hydrogen (secondary N) is 1. The van der Waals surface area contributed by atoms with Gasteiger partial charge in [-0.1, -0.05) is 12.1 Å². The Morgan fingerprint density at radius 3 is 2.23 bits per heavy atom. The highest BCUT2D eigenvalue weighted by atomic mass is 16.2. The number of amides is 3. The molecule has 3 aliphatic rings. The number of hydrogen-bond acceptors (Lipinski definition) is 7. The number of nitrogens with zero attached hydrogens (tertiary/aromatic N) is 5. The third kappa shape index (κ3) is 5.85. The van der Waals surface area contributed by atoms with Crippen molar-refractivity contribution in [1.82, 2.24) is 24.3 Å². The van der Waals surface area contributed by atoms with E-state index in [2.05, 4.69) is 34.3 Å². The molecule has 210 valence electrons. The van der Waals surface area contributed by atoms with Crippen LogP contribution >= 0.6 is 0 Å². The van der Waals surface area contributed by atoms with Crippen LogP contribution in [0.5, 0.6) is 0 Å². The highest BCUT2D eigenvalue weighted by molar-refractivity contribution is 5.89. The third-order valence-electron chi connectivity index (χ3n) is 8.48. The number of fused-ring (bicyclic) bond motifs is 1. The van der Waals surface area contributed by atoms with Crippen LogP contribution in [0.4, 0.5) is 10.6 Å². The molecule has 11 heteroatoms. The summed E-state index contributed by atoms with van der Waals surface area (Å²) in [6.07, 6.45) is 2.57. The minimum Gasteiger partial charge on any atom is -0.338 e. The fourth-order valence-corrected chi connectivity index (χ4v) is 6.03. The Labute approximate surface area is 229 Å². The van der Waals surface area contributed by atoms with Crippen LogP contribution in [0.3, 0.4) is 0 Å². The number of piperidine rings is 1. The Balaban J connectivity index is 1.13. The van der Waals surface area contributed by atoms with Crippen LogP contribution < -0.4 is 22.5 Å². The number of rotatable bonds is 7. The second kappa shape index (κ2) is 10.7. The lowest BCUT2D eigenvalue weighted by Gasteiger charge is -2.37. The summed E-state index contributed by atoms with van der Waals surface area (Å²) in [6, 6.07) is 9.70. The van der Waals surface area contributed by atoms with Gasteiger partial charge in [0.1, 0.15) is 5.82 Å². The maximum atomic E-state index is 12.7. The number of nitrogens with two attached hydrogens (primary N) is 2. The van der Waals surface area contributed by atoms with E-state index in [0.717, 1.165) is 49.5 Å². The Morgan fingerprint density at radius 1 is 1.05 bits per heavy atom. The van der Waals surface area contributed by atoms with Crippen molar-refractivity contribution in [2.24, 2.45) is 29.2 Å². The highest BCUT2D eigenvalue weighted by Crippen LogP contribution is 2.51. The number of likely N-dealkylation sites (tertiary alicyclic amines) is 1. The van der Waals surface area contributed by atoms with Crippen molar-refractivity contribution < 1.29 is 9.59 Å². The zero-order valence-corrected chi connectivity index (χ0v) is 23.0. The van der Waals surface area contributed by atoms with Gasteiger partial charge in [-0.2, -0.15) is 4.98 Å². The highest BCUT2D eigenvalue weighted by Gasteiger charge is 2.55. The molecule has 2 aromatic rings. The summed E-state index contributed by atoms with van der Waals surface area (Å²) in [5.41, 5.74) is 12.3. The van der Waals surface area contributed by atoms with E-state index >= 15 is 0 Å². The fraction of sp³-hybridized carbons (Fsp3) is 0.571. The van der Waals surface area contributed by atoms with Gasteiger partial charge in [-0.15, -0.1) is 0 Å². The molecular weight excluding hydrogens is 496 g/mol. The first-order chi connectivity index (χ1) is 18.5. The smallest absolute Gasteiger partial charge is 0.338 e. The van der Waals surface area contributed by atoms with Crippen molar-refractivity contribution in [3.05, 3.63) is 52.6 Å². The molecule has 5 rings (SSSR count). The average molecular weight is 537 g/mol. The molecule has 39 heavy (non-hydrogen) atoms. The normalized spacial score (nSPS) is 23.9. The summed E-state index contributed by atoms with van der Waals surface area (Å²) in [7, 11) is 0. The van der Waals surface area contributed by atoms with Crippen LogP contribution in [0.25, 0.3) is 5.69 Å². The summed E-state index contributed by atoms with van der Waals surface area (Å²) >= 11 is 0. The predicted octanol–water partition coefficient (Wildman–Crippen LogP) is 0.713. The van der Waals surface area contributed by atoms with E-state index < -0.39 is 11.2 Å². The van der Waals surface area contributed by atoms with Gasteiger partial charge in [0.25, 0.3) is 0 Å². The van der Waals surface area contributed by atoms with E-state index in [1.807, 2.05) is 12.1 Å². The fourth-order valence-electron chi connectivity index (χ4n) is 6.03. The molecule has 5 N–H and O–H groups in total. The van der Waals surface area contributed by atoms with Gasteiger partial charge in [0.15, 0.2) is 0 Å². The molecule has 1 aliphatic carbocycles. The van der Waals surface area contributed by atoms with Crippen molar-refractivity contribution in [3.63, 3.8) is 0 Å². The van der Waals surface area contributed by atoms with Crippen LogP contribution in [0, 0.1) is 17.8 Å². The zero-order valence-electron chi connectivity index (χ0n) is 23.0. The Morgan fingerprint density at radius 2 is 1.67 bits per heavy atom. The van der Waals surface area contributed by atoms with Crippen molar-refractivity contribution in [3.8, 4) is 5.69 Å². The number of urea groups is 1. The quantitative estimate of drug-likeness (QED) is 0.473. The third-order valence-corrected chi connectivity index (χ3v) is 8.48. The molecule has 2 saturated heterocycles. The first kappa shape index (κ1) is 27.3. The van der Waals surface area contributed by atoms with E-state index in [-0.39, 0.29) is 17.8 Å². The molecular formula is C28H40N8O3. The molecule has 3 amide bonds. The number of aromatic nitrogens is 2. The number of carbonyl (C=O) groups excluding carboxylic acids is 2. The summed E-state index contributed by atoms with van der Waals surface area (Å²) < 4.78 is 1.46. The molecule has 1 saturated carbocycles. The average Bonchev–Trinajstić information content (AvgIpc) is 3.38. The van der Waals surface area contributed by atoms with Crippen LogP contribution in [0.1, 0.15) is 26.3 Å². The van der Waals surface area contributed by atoms with E-state index in [1.54, 1.807) is 35.9 Å². The van der Waals surface area contributed by atoms with Crippen molar-refractivity contribution in [2.45, 2.75) is 38.8 Å². The van der Waals surface area contributed by atoms with Gasteiger partial charge >= 0.3 is 11.7 Å². The number of benzene rings is 1. The van der Waals surface area contributed by atoms with Gasteiger partial charge in [-0.3, -0.25) is 19.6 Å². The van der Waals surface area contributed by atoms with Crippen LogP contribution in [-0.4, -0.2) is 93.6 Å². The molecule has 2 aliphatic heterocycles. The lowest BCUT2D eigenvalue weighted by molar-refractivity contribution is -0.137. The minimum absolute atomic E-state index is 0.140. The van der Waals surface area contributed by atoms with Gasteiger partial charge in [-0.05, 0) is 75.3 Å².